The van der Waals surface area contributed by atoms with Crippen LogP contribution in [-0.4, -0.2) is 45.9 Å². The molecule has 0 radical (unpaired) electrons. The minimum atomic E-state index is -0.542. The standard InChI is InChI=1S/C18H21N3O3/c1-2-13-6-3-4-11-21(13)16(22)12-24-18(23)14-7-5-8-15-17(14)20-10-9-19-15/h5,7-10,13H,2-4,6,11-12H2,1H3. The highest BCUT2D eigenvalue weighted by atomic mass is 16.5. The van der Waals surface area contributed by atoms with Crippen molar-refractivity contribution in [1.82, 2.24) is 14.9 Å². The van der Waals surface area contributed by atoms with Gasteiger partial charge in [-0.3, -0.25) is 14.8 Å². The van der Waals surface area contributed by atoms with E-state index in [4.69, 9.17) is 4.74 Å². The maximum atomic E-state index is 12.4. The number of nitrogens with zero attached hydrogens (tertiary/aromatic N) is 3. The lowest BCUT2D eigenvalue weighted by molar-refractivity contribution is -0.138. The smallest absolute Gasteiger partial charge is 0.340 e. The van der Waals surface area contributed by atoms with Gasteiger partial charge in [0, 0.05) is 25.0 Å². The minimum Gasteiger partial charge on any atom is -0.452 e. The Morgan fingerprint density at radius 1 is 1.25 bits per heavy atom. The van der Waals surface area contributed by atoms with Crippen LogP contribution in [0.25, 0.3) is 11.0 Å². The lowest BCUT2D eigenvalue weighted by Gasteiger charge is -2.35. The maximum absolute atomic E-state index is 12.4. The van der Waals surface area contributed by atoms with Crippen molar-refractivity contribution in [2.75, 3.05) is 13.2 Å². The van der Waals surface area contributed by atoms with Gasteiger partial charge in [0.1, 0.15) is 5.52 Å². The van der Waals surface area contributed by atoms with Crippen LogP contribution in [0.1, 0.15) is 43.0 Å². The number of para-hydroxylation sites is 1. The molecule has 3 rings (SSSR count). The summed E-state index contributed by atoms with van der Waals surface area (Å²) in [4.78, 5) is 34.9. The van der Waals surface area contributed by atoms with Crippen LogP contribution >= 0.6 is 0 Å². The van der Waals surface area contributed by atoms with Gasteiger partial charge in [-0.25, -0.2) is 4.79 Å². The fourth-order valence-electron chi connectivity index (χ4n) is 3.20. The van der Waals surface area contributed by atoms with Crippen molar-refractivity contribution in [3.05, 3.63) is 36.2 Å². The van der Waals surface area contributed by atoms with Gasteiger partial charge in [0.05, 0.1) is 11.1 Å². The molecule has 6 heteroatoms. The number of hydrogen-bond acceptors (Lipinski definition) is 5. The van der Waals surface area contributed by atoms with Gasteiger partial charge in [-0.15, -0.1) is 0 Å². The van der Waals surface area contributed by atoms with Crippen molar-refractivity contribution in [1.29, 1.82) is 0 Å². The second-order valence-electron chi connectivity index (χ2n) is 5.95. The quantitative estimate of drug-likeness (QED) is 0.807. The van der Waals surface area contributed by atoms with Crippen molar-refractivity contribution in [2.45, 2.75) is 38.6 Å². The molecule has 2 aromatic rings. The molecule has 1 unspecified atom stereocenters. The van der Waals surface area contributed by atoms with Crippen LogP contribution in [-0.2, 0) is 9.53 Å². The zero-order chi connectivity index (χ0) is 16.9. The number of ether oxygens (including phenoxy) is 1. The Morgan fingerprint density at radius 2 is 2.08 bits per heavy atom. The second-order valence-corrected chi connectivity index (χ2v) is 5.95. The van der Waals surface area contributed by atoms with E-state index < -0.39 is 5.97 Å². The molecular weight excluding hydrogens is 306 g/mol. The third kappa shape index (κ3) is 3.37. The number of hydrogen-bond donors (Lipinski definition) is 0. The molecule has 1 fully saturated rings. The Labute approximate surface area is 140 Å². The van der Waals surface area contributed by atoms with Gasteiger partial charge in [-0.05, 0) is 37.8 Å². The summed E-state index contributed by atoms with van der Waals surface area (Å²) in [7, 11) is 0. The molecule has 0 aliphatic carbocycles. The van der Waals surface area contributed by atoms with Crippen LogP contribution < -0.4 is 0 Å². The molecule has 1 amide bonds. The van der Waals surface area contributed by atoms with Crippen LogP contribution in [0.5, 0.6) is 0 Å². The van der Waals surface area contributed by atoms with E-state index >= 15 is 0 Å². The number of likely N-dealkylation sites (tertiary alicyclic amines) is 1. The summed E-state index contributed by atoms with van der Waals surface area (Å²) in [6, 6.07) is 5.41. The van der Waals surface area contributed by atoms with E-state index in [2.05, 4.69) is 16.9 Å². The summed E-state index contributed by atoms with van der Waals surface area (Å²) in [6.07, 6.45) is 7.21. The second kappa shape index (κ2) is 7.38. The molecule has 0 spiro atoms. The highest BCUT2D eigenvalue weighted by molar-refractivity contribution is 6.02. The normalized spacial score (nSPS) is 17.7. The molecule has 1 atom stereocenters. The van der Waals surface area contributed by atoms with Crippen molar-refractivity contribution in [2.24, 2.45) is 0 Å². The Kier molecular flexibility index (Phi) is 5.03. The Hall–Kier alpha value is -2.50. The molecule has 1 aliphatic heterocycles. The molecule has 0 saturated carbocycles. The van der Waals surface area contributed by atoms with Crippen molar-refractivity contribution < 1.29 is 14.3 Å². The van der Waals surface area contributed by atoms with Gasteiger partial charge in [-0.1, -0.05) is 13.0 Å². The van der Waals surface area contributed by atoms with Crippen LogP contribution in [0.4, 0.5) is 0 Å². The summed E-state index contributed by atoms with van der Waals surface area (Å²) in [6.45, 7) is 2.59. The molecule has 0 bridgehead atoms. The van der Waals surface area contributed by atoms with Crippen molar-refractivity contribution >= 4 is 22.9 Å². The first-order valence-electron chi connectivity index (χ1n) is 8.37. The van der Waals surface area contributed by atoms with Crippen LogP contribution in [0, 0.1) is 0 Å². The van der Waals surface area contributed by atoms with Crippen LogP contribution in [0.2, 0.25) is 0 Å². The molecule has 1 saturated heterocycles. The number of amides is 1. The average Bonchev–Trinajstić information content (AvgIpc) is 2.65. The predicted molar refractivity (Wildman–Crippen MR) is 89.5 cm³/mol. The third-order valence-electron chi connectivity index (χ3n) is 4.46. The zero-order valence-electron chi connectivity index (χ0n) is 13.8. The molecule has 1 aromatic carbocycles. The predicted octanol–water partition coefficient (Wildman–Crippen LogP) is 2.58. The summed E-state index contributed by atoms with van der Waals surface area (Å²) in [5.74, 6) is -0.666. The molecule has 0 N–H and O–H groups in total. The number of esters is 1. The van der Waals surface area contributed by atoms with Crippen molar-refractivity contribution in [3.63, 3.8) is 0 Å². The van der Waals surface area contributed by atoms with E-state index in [9.17, 15) is 9.59 Å². The molecular formula is C18H21N3O3. The van der Waals surface area contributed by atoms with Gasteiger partial charge in [0.15, 0.2) is 6.61 Å². The Morgan fingerprint density at radius 3 is 2.92 bits per heavy atom. The van der Waals surface area contributed by atoms with Gasteiger partial charge in [0.25, 0.3) is 5.91 Å². The van der Waals surface area contributed by atoms with E-state index in [0.717, 1.165) is 32.2 Å². The molecule has 1 aromatic heterocycles. The third-order valence-corrected chi connectivity index (χ3v) is 4.46. The number of rotatable bonds is 4. The highest BCUT2D eigenvalue weighted by Crippen LogP contribution is 2.20. The van der Waals surface area contributed by atoms with E-state index in [1.165, 1.54) is 6.20 Å². The van der Waals surface area contributed by atoms with E-state index in [-0.39, 0.29) is 18.6 Å². The number of benzene rings is 1. The zero-order valence-corrected chi connectivity index (χ0v) is 13.8. The Bertz CT molecular complexity index is 742. The highest BCUT2D eigenvalue weighted by Gasteiger charge is 2.26. The largest absolute Gasteiger partial charge is 0.452 e. The lowest BCUT2D eigenvalue weighted by Crippen LogP contribution is -2.45. The first kappa shape index (κ1) is 16.4. The van der Waals surface area contributed by atoms with Gasteiger partial charge >= 0.3 is 5.97 Å². The summed E-state index contributed by atoms with van der Waals surface area (Å²) < 4.78 is 5.25. The SMILES string of the molecule is CCC1CCCCN1C(=O)COC(=O)c1cccc2nccnc12. The minimum absolute atomic E-state index is 0.124. The first-order chi connectivity index (χ1) is 11.7. The van der Waals surface area contributed by atoms with E-state index in [1.54, 1.807) is 24.4 Å². The monoisotopic (exact) mass is 327 g/mol. The molecule has 126 valence electrons. The fraction of sp³-hybridized carbons (Fsp3) is 0.444. The molecule has 6 nitrogen and oxygen atoms in total. The first-order valence-corrected chi connectivity index (χ1v) is 8.37. The van der Waals surface area contributed by atoms with Gasteiger partial charge in [-0.2, -0.15) is 0 Å². The molecule has 1 aliphatic rings. The molecule has 2 heterocycles. The van der Waals surface area contributed by atoms with Crippen molar-refractivity contribution in [3.8, 4) is 0 Å². The van der Waals surface area contributed by atoms with Gasteiger partial charge < -0.3 is 9.64 Å². The average molecular weight is 327 g/mol. The number of piperidine rings is 1. The van der Waals surface area contributed by atoms with Gasteiger partial charge in [0.2, 0.25) is 0 Å². The summed E-state index contributed by atoms with van der Waals surface area (Å²) in [5.41, 5.74) is 1.45. The summed E-state index contributed by atoms with van der Waals surface area (Å²) in [5, 5.41) is 0. The van der Waals surface area contributed by atoms with E-state index in [1.807, 2.05) is 4.90 Å². The molecule has 24 heavy (non-hydrogen) atoms. The van der Waals surface area contributed by atoms with Crippen LogP contribution in [0.3, 0.4) is 0 Å². The fourth-order valence-corrected chi connectivity index (χ4v) is 3.20. The van der Waals surface area contributed by atoms with E-state index in [0.29, 0.717) is 16.6 Å². The Balaban J connectivity index is 1.67. The maximum Gasteiger partial charge on any atom is 0.340 e. The number of aromatic nitrogens is 2. The van der Waals surface area contributed by atoms with Crippen LogP contribution in [0.15, 0.2) is 30.6 Å². The number of carbonyl (C=O) groups is 2. The topological polar surface area (TPSA) is 72.4 Å². The number of fused-ring (bicyclic) bond motifs is 1. The summed E-state index contributed by atoms with van der Waals surface area (Å²) >= 11 is 0. The lowest BCUT2D eigenvalue weighted by atomic mass is 10.00. The number of carbonyl (C=O) groups excluding carboxylic acids is 2.